The molecule has 0 spiro atoms. The van der Waals surface area contributed by atoms with Crippen molar-refractivity contribution in [2.75, 3.05) is 13.1 Å². The molecule has 0 rings (SSSR count). The van der Waals surface area contributed by atoms with Gasteiger partial charge in [-0.2, -0.15) is 5.10 Å². The van der Waals surface area contributed by atoms with Crippen LogP contribution in [-0.4, -0.2) is 35.3 Å². The van der Waals surface area contributed by atoms with Crippen LogP contribution in [0.1, 0.15) is 27.2 Å². The molecule has 0 aliphatic rings. The SMILES string of the molecule is CC/C(C)=N/N(CC)CC(O)F. The molecule has 1 unspecified atom stereocenters. The molecule has 0 bridgehead atoms. The maximum absolute atomic E-state index is 12.1. The minimum Gasteiger partial charge on any atom is -0.363 e. The smallest absolute Gasteiger partial charge is 0.215 e. The van der Waals surface area contributed by atoms with Gasteiger partial charge in [0, 0.05) is 12.3 Å². The molecule has 3 nitrogen and oxygen atoms in total. The minimum absolute atomic E-state index is 0.0478. The van der Waals surface area contributed by atoms with Crippen molar-refractivity contribution in [2.45, 2.75) is 33.5 Å². The first-order chi connectivity index (χ1) is 5.60. The summed E-state index contributed by atoms with van der Waals surface area (Å²) in [4.78, 5) is 0. The number of hydrogen-bond donors (Lipinski definition) is 1. The Labute approximate surface area is 72.9 Å². The molecule has 0 amide bonds. The Hall–Kier alpha value is -0.640. The third-order valence-corrected chi connectivity index (χ3v) is 1.55. The van der Waals surface area contributed by atoms with Crippen LogP contribution in [0.5, 0.6) is 0 Å². The van der Waals surface area contributed by atoms with E-state index >= 15 is 0 Å². The van der Waals surface area contributed by atoms with E-state index in [-0.39, 0.29) is 6.54 Å². The number of aliphatic hydroxyl groups excluding tert-OH is 1. The lowest BCUT2D eigenvalue weighted by atomic mass is 10.3. The molecule has 0 aromatic rings. The molecule has 0 aliphatic carbocycles. The second-order valence-electron chi connectivity index (χ2n) is 2.63. The molecule has 0 aromatic carbocycles. The normalized spacial score (nSPS) is 14.6. The predicted molar refractivity (Wildman–Crippen MR) is 47.8 cm³/mol. The predicted octanol–water partition coefficient (Wildman–Crippen LogP) is 1.38. The largest absolute Gasteiger partial charge is 0.363 e. The van der Waals surface area contributed by atoms with Crippen LogP contribution in [-0.2, 0) is 0 Å². The third kappa shape index (κ3) is 5.07. The van der Waals surface area contributed by atoms with Crippen molar-refractivity contribution < 1.29 is 9.50 Å². The van der Waals surface area contributed by atoms with Crippen LogP contribution < -0.4 is 0 Å². The van der Waals surface area contributed by atoms with Crippen LogP contribution >= 0.6 is 0 Å². The van der Waals surface area contributed by atoms with Crippen molar-refractivity contribution >= 4 is 5.71 Å². The van der Waals surface area contributed by atoms with Gasteiger partial charge in [-0.25, -0.2) is 4.39 Å². The number of rotatable bonds is 5. The zero-order valence-corrected chi connectivity index (χ0v) is 7.92. The molecule has 0 saturated heterocycles. The van der Waals surface area contributed by atoms with Gasteiger partial charge in [0.2, 0.25) is 6.36 Å². The highest BCUT2D eigenvalue weighted by atomic mass is 19.1. The van der Waals surface area contributed by atoms with E-state index < -0.39 is 6.36 Å². The van der Waals surface area contributed by atoms with Gasteiger partial charge in [0.25, 0.3) is 0 Å². The lowest BCUT2D eigenvalue weighted by Crippen LogP contribution is -2.26. The molecule has 72 valence electrons. The number of nitrogens with zero attached hydrogens (tertiary/aromatic N) is 2. The highest BCUT2D eigenvalue weighted by Gasteiger charge is 2.05. The fourth-order valence-electron chi connectivity index (χ4n) is 0.727. The Morgan fingerprint density at radius 2 is 2.17 bits per heavy atom. The summed E-state index contributed by atoms with van der Waals surface area (Å²) in [6.07, 6.45) is -0.961. The summed E-state index contributed by atoms with van der Waals surface area (Å²) in [7, 11) is 0. The summed E-state index contributed by atoms with van der Waals surface area (Å²) in [5, 5.41) is 14.1. The second-order valence-corrected chi connectivity index (χ2v) is 2.63. The van der Waals surface area contributed by atoms with E-state index in [1.54, 1.807) is 0 Å². The van der Waals surface area contributed by atoms with Crippen LogP contribution in [0.3, 0.4) is 0 Å². The standard InChI is InChI=1S/C8H17FN2O/c1-4-7(3)10-11(5-2)6-8(9)12/h8,12H,4-6H2,1-3H3/b10-7+. The molecular formula is C8H17FN2O. The Kier molecular flexibility index (Phi) is 5.62. The van der Waals surface area contributed by atoms with E-state index in [1.165, 1.54) is 5.01 Å². The van der Waals surface area contributed by atoms with Crippen molar-refractivity contribution in [1.29, 1.82) is 0 Å². The number of aliphatic hydroxyl groups is 1. The Bertz CT molecular complexity index is 148. The minimum atomic E-state index is -1.81. The number of alkyl halides is 1. The highest BCUT2D eigenvalue weighted by molar-refractivity contribution is 5.81. The quantitative estimate of drug-likeness (QED) is 0.507. The average molecular weight is 176 g/mol. The van der Waals surface area contributed by atoms with Gasteiger partial charge in [0.1, 0.15) is 0 Å². The number of hydrogen-bond acceptors (Lipinski definition) is 3. The molecule has 1 atom stereocenters. The zero-order valence-electron chi connectivity index (χ0n) is 7.92. The first-order valence-electron chi connectivity index (χ1n) is 4.21. The van der Waals surface area contributed by atoms with Crippen LogP contribution in [0, 0.1) is 0 Å². The molecular weight excluding hydrogens is 159 g/mol. The lowest BCUT2D eigenvalue weighted by molar-refractivity contribution is 0.0103. The van der Waals surface area contributed by atoms with Gasteiger partial charge < -0.3 is 5.11 Å². The summed E-state index contributed by atoms with van der Waals surface area (Å²) in [5.74, 6) is 0. The first-order valence-corrected chi connectivity index (χ1v) is 4.21. The van der Waals surface area contributed by atoms with Gasteiger partial charge in [-0.3, -0.25) is 5.01 Å². The van der Waals surface area contributed by atoms with Crippen LogP contribution in [0.4, 0.5) is 4.39 Å². The van der Waals surface area contributed by atoms with Crippen molar-refractivity contribution in [3.63, 3.8) is 0 Å². The van der Waals surface area contributed by atoms with E-state index in [0.717, 1.165) is 12.1 Å². The molecule has 0 saturated carbocycles. The molecule has 0 aliphatic heterocycles. The van der Waals surface area contributed by atoms with Gasteiger partial charge in [0.05, 0.1) is 6.54 Å². The van der Waals surface area contributed by atoms with Crippen molar-refractivity contribution in [2.24, 2.45) is 5.10 Å². The van der Waals surface area contributed by atoms with Crippen LogP contribution in [0.15, 0.2) is 5.10 Å². The fraction of sp³-hybridized carbons (Fsp3) is 0.875. The van der Waals surface area contributed by atoms with E-state index in [2.05, 4.69) is 5.10 Å². The monoisotopic (exact) mass is 176 g/mol. The summed E-state index contributed by atoms with van der Waals surface area (Å²) >= 11 is 0. The number of likely N-dealkylation sites (N-methyl/N-ethyl adjacent to an activating group) is 1. The van der Waals surface area contributed by atoms with Crippen molar-refractivity contribution in [3.8, 4) is 0 Å². The Balaban J connectivity index is 3.98. The summed E-state index contributed by atoms with van der Waals surface area (Å²) < 4.78 is 12.1. The molecule has 4 heteroatoms. The average Bonchev–Trinajstić information content (AvgIpc) is 2.02. The van der Waals surface area contributed by atoms with Gasteiger partial charge in [-0.15, -0.1) is 0 Å². The summed E-state index contributed by atoms with van der Waals surface area (Å²) in [6.45, 7) is 6.30. The topological polar surface area (TPSA) is 35.8 Å². The number of halogens is 1. The van der Waals surface area contributed by atoms with Gasteiger partial charge in [0.15, 0.2) is 0 Å². The molecule has 0 fully saturated rings. The molecule has 1 N–H and O–H groups in total. The molecule has 0 aromatic heterocycles. The van der Waals surface area contributed by atoms with Gasteiger partial charge in [-0.05, 0) is 20.3 Å². The zero-order chi connectivity index (χ0) is 9.56. The second kappa shape index (κ2) is 5.94. The molecule has 12 heavy (non-hydrogen) atoms. The molecule has 0 radical (unpaired) electrons. The van der Waals surface area contributed by atoms with E-state index in [0.29, 0.717) is 6.54 Å². The molecule has 0 heterocycles. The third-order valence-electron chi connectivity index (χ3n) is 1.55. The Morgan fingerprint density at radius 1 is 1.58 bits per heavy atom. The van der Waals surface area contributed by atoms with E-state index in [4.69, 9.17) is 5.11 Å². The highest BCUT2D eigenvalue weighted by Crippen LogP contribution is 1.96. The summed E-state index contributed by atoms with van der Waals surface area (Å²) in [5.41, 5.74) is 0.942. The Morgan fingerprint density at radius 3 is 2.50 bits per heavy atom. The lowest BCUT2D eigenvalue weighted by Gasteiger charge is -2.17. The first kappa shape index (κ1) is 11.4. The van der Waals surface area contributed by atoms with Crippen molar-refractivity contribution in [3.05, 3.63) is 0 Å². The summed E-state index contributed by atoms with van der Waals surface area (Å²) in [6, 6.07) is 0. The van der Waals surface area contributed by atoms with Gasteiger partial charge in [-0.1, -0.05) is 6.92 Å². The number of hydrazone groups is 1. The van der Waals surface area contributed by atoms with Crippen LogP contribution in [0.25, 0.3) is 0 Å². The fourth-order valence-corrected chi connectivity index (χ4v) is 0.727. The maximum Gasteiger partial charge on any atom is 0.215 e. The van der Waals surface area contributed by atoms with E-state index in [9.17, 15) is 4.39 Å². The van der Waals surface area contributed by atoms with Gasteiger partial charge >= 0.3 is 0 Å². The maximum atomic E-state index is 12.1. The van der Waals surface area contributed by atoms with E-state index in [1.807, 2.05) is 20.8 Å². The van der Waals surface area contributed by atoms with Crippen molar-refractivity contribution in [1.82, 2.24) is 5.01 Å². The van der Waals surface area contributed by atoms with Crippen LogP contribution in [0.2, 0.25) is 0 Å².